The second-order valence-electron chi connectivity index (χ2n) is 6.31. The first-order chi connectivity index (χ1) is 14.2. The zero-order valence-corrected chi connectivity index (χ0v) is 17.1. The van der Waals surface area contributed by atoms with Gasteiger partial charge in [0.15, 0.2) is 0 Å². The molecule has 1 N–H and O–H groups in total. The molecule has 1 heterocycles. The predicted molar refractivity (Wildman–Crippen MR) is 112 cm³/mol. The summed E-state index contributed by atoms with van der Waals surface area (Å²) in [6.07, 6.45) is 1.31. The lowest BCUT2D eigenvalue weighted by Gasteiger charge is -2.22. The normalized spacial score (nSPS) is 10.6. The molecule has 0 bridgehead atoms. The van der Waals surface area contributed by atoms with Crippen molar-refractivity contribution in [1.82, 2.24) is 4.98 Å². The molecule has 0 spiro atoms. The number of benzene rings is 2. The van der Waals surface area contributed by atoms with Crippen molar-refractivity contribution in [2.24, 2.45) is 0 Å². The van der Waals surface area contributed by atoms with Crippen LogP contribution in [0.1, 0.15) is 12.5 Å². The Morgan fingerprint density at radius 3 is 2.40 bits per heavy atom. The molecule has 30 heavy (non-hydrogen) atoms. The van der Waals surface area contributed by atoms with Crippen molar-refractivity contribution in [3.63, 3.8) is 0 Å². The summed E-state index contributed by atoms with van der Waals surface area (Å²) in [5.41, 5.74) is 0.932. The summed E-state index contributed by atoms with van der Waals surface area (Å²) in [6, 6.07) is 10.4. The predicted octanol–water partition coefficient (Wildman–Crippen LogP) is 5.53. The lowest BCUT2D eigenvalue weighted by Crippen LogP contribution is -2.24. The van der Waals surface area contributed by atoms with Crippen LogP contribution in [0.2, 0.25) is 10.0 Å². The van der Waals surface area contributed by atoms with E-state index in [4.69, 9.17) is 23.2 Å². The lowest BCUT2D eigenvalue weighted by atomic mass is 10.1. The minimum atomic E-state index is -0.568. The Bertz CT molecular complexity index is 1130. The third-order valence-corrected chi connectivity index (χ3v) is 4.76. The fourth-order valence-corrected chi connectivity index (χ4v) is 3.21. The van der Waals surface area contributed by atoms with E-state index in [0.717, 1.165) is 17.0 Å². The third kappa shape index (κ3) is 5.11. The largest absolute Gasteiger partial charge is 0.326 e. The number of pyridine rings is 1. The van der Waals surface area contributed by atoms with Crippen LogP contribution in [0.4, 0.5) is 26.0 Å². The van der Waals surface area contributed by atoms with E-state index in [1.807, 2.05) is 0 Å². The number of halogens is 4. The molecule has 0 aliphatic carbocycles. The van der Waals surface area contributed by atoms with E-state index >= 15 is 0 Å². The van der Waals surface area contributed by atoms with Crippen LogP contribution in [0.3, 0.4) is 0 Å². The monoisotopic (exact) mass is 449 g/mol. The van der Waals surface area contributed by atoms with Crippen LogP contribution in [0, 0.1) is 11.6 Å². The van der Waals surface area contributed by atoms with Gasteiger partial charge in [-0.15, -0.1) is 0 Å². The van der Waals surface area contributed by atoms with Crippen LogP contribution in [0.15, 0.2) is 54.7 Å². The van der Waals surface area contributed by atoms with Crippen molar-refractivity contribution < 1.29 is 18.4 Å². The van der Waals surface area contributed by atoms with Gasteiger partial charge < -0.3 is 5.32 Å². The first-order valence-electron chi connectivity index (χ1n) is 8.70. The number of nitrogens with one attached hydrogen (secondary N) is 1. The lowest BCUT2D eigenvalue weighted by molar-refractivity contribution is -0.116. The number of carbonyl (C=O) groups is 2. The molecular formula is C21H15Cl2F2N3O2. The molecule has 0 saturated heterocycles. The maximum Gasteiger partial charge on any atom is 0.229 e. The highest BCUT2D eigenvalue weighted by molar-refractivity contribution is 6.34. The number of anilines is 3. The smallest absolute Gasteiger partial charge is 0.229 e. The summed E-state index contributed by atoms with van der Waals surface area (Å²) in [7, 11) is 0. The van der Waals surface area contributed by atoms with Gasteiger partial charge in [0.25, 0.3) is 0 Å². The number of hydrogen-bond acceptors (Lipinski definition) is 3. The molecule has 1 aromatic heterocycles. The molecule has 0 aliphatic heterocycles. The van der Waals surface area contributed by atoms with Gasteiger partial charge in [0, 0.05) is 29.9 Å². The van der Waals surface area contributed by atoms with Crippen molar-refractivity contribution in [3.05, 3.63) is 82.0 Å². The van der Waals surface area contributed by atoms with Crippen molar-refractivity contribution in [3.8, 4) is 0 Å². The first-order valence-corrected chi connectivity index (χ1v) is 9.46. The van der Waals surface area contributed by atoms with E-state index in [1.165, 1.54) is 49.5 Å². The van der Waals surface area contributed by atoms with Crippen molar-refractivity contribution in [2.45, 2.75) is 13.3 Å². The van der Waals surface area contributed by atoms with Crippen LogP contribution in [-0.2, 0) is 16.0 Å². The van der Waals surface area contributed by atoms with E-state index in [9.17, 15) is 18.4 Å². The van der Waals surface area contributed by atoms with E-state index < -0.39 is 23.4 Å². The van der Waals surface area contributed by atoms with E-state index in [0.29, 0.717) is 11.3 Å². The summed E-state index contributed by atoms with van der Waals surface area (Å²) in [5.74, 6) is -1.77. The first kappa shape index (κ1) is 21.7. The van der Waals surface area contributed by atoms with Crippen LogP contribution >= 0.6 is 23.2 Å². The molecule has 0 aliphatic rings. The zero-order valence-electron chi connectivity index (χ0n) is 15.6. The molecular weight excluding hydrogens is 435 g/mol. The van der Waals surface area contributed by atoms with Gasteiger partial charge in [0.1, 0.15) is 17.5 Å². The van der Waals surface area contributed by atoms with E-state index in [-0.39, 0.29) is 28.0 Å². The van der Waals surface area contributed by atoms with Gasteiger partial charge in [-0.3, -0.25) is 14.5 Å². The molecule has 2 aromatic carbocycles. The number of rotatable bonds is 5. The molecule has 5 nitrogen and oxygen atoms in total. The molecule has 154 valence electrons. The minimum absolute atomic E-state index is 0.0804. The maximum atomic E-state index is 13.7. The molecule has 9 heteroatoms. The molecule has 0 unspecified atom stereocenters. The quantitative estimate of drug-likeness (QED) is 0.556. The molecule has 2 amide bonds. The van der Waals surface area contributed by atoms with Gasteiger partial charge in [0.05, 0.1) is 17.1 Å². The molecule has 3 rings (SSSR count). The molecule has 0 atom stereocenters. The Morgan fingerprint density at radius 1 is 1.00 bits per heavy atom. The average molecular weight is 450 g/mol. The van der Waals surface area contributed by atoms with E-state index in [2.05, 4.69) is 10.3 Å². The standard InChI is InChI=1S/C21H15Cl2F2N3O2/c1-12(29)28(19-10-15(25)4-5-17(19)22)20-11-16(6-7-26-20)27-21(30)8-13-2-3-14(24)9-18(13)23/h2-7,9-11H,8H2,1H3,(H,26,27,30). The summed E-state index contributed by atoms with van der Waals surface area (Å²) in [5, 5.41) is 2.97. The van der Waals surface area contributed by atoms with Gasteiger partial charge in [0.2, 0.25) is 11.8 Å². The second kappa shape index (κ2) is 9.19. The third-order valence-electron chi connectivity index (χ3n) is 4.09. The second-order valence-corrected chi connectivity index (χ2v) is 7.13. The van der Waals surface area contributed by atoms with Gasteiger partial charge in [-0.1, -0.05) is 29.3 Å². The SMILES string of the molecule is CC(=O)N(c1cc(NC(=O)Cc2ccc(F)cc2Cl)ccn1)c1cc(F)ccc1Cl. The highest BCUT2D eigenvalue weighted by atomic mass is 35.5. The highest BCUT2D eigenvalue weighted by Gasteiger charge is 2.20. The van der Waals surface area contributed by atoms with Crippen molar-refractivity contribution >= 4 is 52.2 Å². The highest BCUT2D eigenvalue weighted by Crippen LogP contribution is 2.32. The number of aromatic nitrogens is 1. The maximum absolute atomic E-state index is 13.7. The number of hydrogen-bond donors (Lipinski definition) is 1. The molecule has 0 fully saturated rings. The Kier molecular flexibility index (Phi) is 6.64. The number of amides is 2. The fourth-order valence-electron chi connectivity index (χ4n) is 2.77. The van der Waals surface area contributed by atoms with Crippen LogP contribution < -0.4 is 10.2 Å². The van der Waals surface area contributed by atoms with Crippen LogP contribution in [-0.4, -0.2) is 16.8 Å². The zero-order chi connectivity index (χ0) is 21.8. The Morgan fingerprint density at radius 2 is 1.70 bits per heavy atom. The van der Waals surface area contributed by atoms with Gasteiger partial charge in [-0.25, -0.2) is 13.8 Å². The topological polar surface area (TPSA) is 62.3 Å². The summed E-state index contributed by atoms with van der Waals surface area (Å²) < 4.78 is 26.8. The van der Waals surface area contributed by atoms with Crippen LogP contribution in [0.5, 0.6) is 0 Å². The van der Waals surface area contributed by atoms with Gasteiger partial charge in [-0.2, -0.15) is 0 Å². The molecule has 3 aromatic rings. The Labute approximate surface area is 181 Å². The molecule has 0 saturated carbocycles. The number of carbonyl (C=O) groups excluding carboxylic acids is 2. The fraction of sp³-hybridized carbons (Fsp3) is 0.0952. The number of nitrogens with zero attached hydrogens (tertiary/aromatic N) is 2. The average Bonchev–Trinajstić information content (AvgIpc) is 2.67. The van der Waals surface area contributed by atoms with Crippen LogP contribution in [0.25, 0.3) is 0 Å². The summed E-state index contributed by atoms with van der Waals surface area (Å²) in [6.45, 7) is 1.28. The summed E-state index contributed by atoms with van der Waals surface area (Å²) >= 11 is 12.1. The van der Waals surface area contributed by atoms with E-state index in [1.54, 1.807) is 0 Å². The Balaban J connectivity index is 1.84. The molecule has 0 radical (unpaired) electrons. The van der Waals surface area contributed by atoms with Crippen molar-refractivity contribution in [1.29, 1.82) is 0 Å². The van der Waals surface area contributed by atoms with Crippen molar-refractivity contribution in [2.75, 3.05) is 10.2 Å². The minimum Gasteiger partial charge on any atom is -0.326 e. The van der Waals surface area contributed by atoms with Gasteiger partial charge in [-0.05, 0) is 42.0 Å². The van der Waals surface area contributed by atoms with Gasteiger partial charge >= 0.3 is 0 Å². The Hall–Kier alpha value is -3.03. The summed E-state index contributed by atoms with van der Waals surface area (Å²) in [4.78, 5) is 29.9.